The molecule has 0 saturated carbocycles. The Labute approximate surface area is 183 Å². The summed E-state index contributed by atoms with van der Waals surface area (Å²) in [5, 5.41) is 0. The van der Waals surface area contributed by atoms with Crippen LogP contribution in [0.2, 0.25) is 0 Å². The van der Waals surface area contributed by atoms with E-state index >= 15 is 0 Å². The Morgan fingerprint density at radius 2 is 1.53 bits per heavy atom. The molecule has 1 aliphatic rings. The molecule has 1 heterocycles. The van der Waals surface area contributed by atoms with Crippen LogP contribution in [-0.2, 0) is 19.0 Å². The smallest absolute Gasteiger partial charge is 0.449 e. The second kappa shape index (κ2) is 9.59. The van der Waals surface area contributed by atoms with Gasteiger partial charge in [-0.25, -0.2) is 4.79 Å². The van der Waals surface area contributed by atoms with Crippen molar-refractivity contribution in [2.75, 3.05) is 0 Å². The third-order valence-corrected chi connectivity index (χ3v) is 4.91. The summed E-state index contributed by atoms with van der Waals surface area (Å²) >= 11 is 0. The van der Waals surface area contributed by atoms with Crippen molar-refractivity contribution in [3.63, 3.8) is 0 Å². The predicted octanol–water partition coefficient (Wildman–Crippen LogP) is 3.86. The maximum atomic E-state index is 12.6. The number of fused-ring (bicyclic) bond motifs is 2. The molecule has 2 aromatic rings. The number of furan rings is 1. The molecule has 0 aliphatic heterocycles. The Bertz CT molecular complexity index is 1020. The van der Waals surface area contributed by atoms with Crippen LogP contribution in [0.3, 0.4) is 0 Å². The van der Waals surface area contributed by atoms with Crippen LogP contribution < -0.4 is 0 Å². The first kappa shape index (κ1) is 22.9. The molecule has 0 spiro atoms. The summed E-state index contributed by atoms with van der Waals surface area (Å²) in [6.45, 7) is 5.00. The molecule has 9 heteroatoms. The van der Waals surface area contributed by atoms with Crippen molar-refractivity contribution >= 4 is 29.5 Å². The van der Waals surface area contributed by atoms with Crippen LogP contribution in [0.25, 0.3) is 0 Å². The second-order valence-electron chi connectivity index (χ2n) is 7.14. The van der Waals surface area contributed by atoms with Crippen molar-refractivity contribution in [1.82, 2.24) is 0 Å². The molecule has 168 valence electrons. The van der Waals surface area contributed by atoms with Gasteiger partial charge in [-0.2, -0.15) is 0 Å². The molecule has 0 N–H and O–H groups in total. The van der Waals surface area contributed by atoms with E-state index < -0.39 is 42.2 Å². The fourth-order valence-corrected chi connectivity index (χ4v) is 3.24. The van der Waals surface area contributed by atoms with Gasteiger partial charge in [0.1, 0.15) is 12.5 Å². The lowest BCUT2D eigenvalue weighted by atomic mass is 9.88. The Balaban J connectivity index is 1.61. The van der Waals surface area contributed by atoms with Crippen molar-refractivity contribution in [3.8, 4) is 0 Å². The van der Waals surface area contributed by atoms with Crippen LogP contribution in [-0.4, -0.2) is 41.9 Å². The number of rotatable bonds is 8. The molecule has 0 radical (unpaired) electrons. The maximum Gasteiger partial charge on any atom is 0.511 e. The summed E-state index contributed by atoms with van der Waals surface area (Å²) in [6.07, 6.45) is -2.10. The van der Waals surface area contributed by atoms with E-state index in [-0.39, 0.29) is 34.3 Å². The summed E-state index contributed by atoms with van der Waals surface area (Å²) < 4.78 is 20.1. The number of Topliss-reactive ketones (excluding diaryl/α,β-unsaturated/α-hetero) is 1. The molecule has 0 fully saturated rings. The first-order valence-corrected chi connectivity index (χ1v) is 10.2. The SMILES string of the molecule is CCC(CC)OC(=O)OC(C)OC(=O)CC(=O)c1cc2c(o1)C(=O)c1ccccc1C2=O. The van der Waals surface area contributed by atoms with Crippen LogP contribution in [0.15, 0.2) is 34.7 Å². The van der Waals surface area contributed by atoms with Gasteiger partial charge in [-0.15, -0.1) is 0 Å². The van der Waals surface area contributed by atoms with Gasteiger partial charge < -0.3 is 18.6 Å². The van der Waals surface area contributed by atoms with Crippen molar-refractivity contribution in [2.45, 2.75) is 52.4 Å². The molecule has 32 heavy (non-hydrogen) atoms. The summed E-state index contributed by atoms with van der Waals surface area (Å²) in [5.74, 6) is -3.29. The second-order valence-corrected chi connectivity index (χ2v) is 7.14. The molecule has 1 unspecified atom stereocenters. The van der Waals surface area contributed by atoms with E-state index in [1.807, 2.05) is 13.8 Å². The summed E-state index contributed by atoms with van der Waals surface area (Å²) in [4.78, 5) is 61.4. The van der Waals surface area contributed by atoms with Crippen molar-refractivity contribution in [3.05, 3.63) is 58.5 Å². The molecule has 1 aromatic carbocycles. The van der Waals surface area contributed by atoms with E-state index in [2.05, 4.69) is 0 Å². The van der Waals surface area contributed by atoms with Crippen molar-refractivity contribution in [2.24, 2.45) is 0 Å². The third-order valence-electron chi connectivity index (χ3n) is 4.91. The number of benzene rings is 1. The van der Waals surface area contributed by atoms with Gasteiger partial charge in [0.2, 0.25) is 17.9 Å². The normalized spacial score (nSPS) is 13.2. The van der Waals surface area contributed by atoms with Crippen LogP contribution in [0, 0.1) is 0 Å². The van der Waals surface area contributed by atoms with E-state index in [1.54, 1.807) is 12.1 Å². The lowest BCUT2D eigenvalue weighted by Gasteiger charge is -2.17. The van der Waals surface area contributed by atoms with Crippen molar-refractivity contribution in [1.29, 1.82) is 0 Å². The molecule has 9 nitrogen and oxygen atoms in total. The zero-order valence-electron chi connectivity index (χ0n) is 17.8. The lowest BCUT2D eigenvalue weighted by molar-refractivity contribution is -0.167. The Morgan fingerprint density at radius 3 is 2.16 bits per heavy atom. The highest BCUT2D eigenvalue weighted by atomic mass is 16.8. The first-order valence-electron chi connectivity index (χ1n) is 10.2. The number of carbonyl (C=O) groups is 5. The van der Waals surface area contributed by atoms with E-state index in [9.17, 15) is 24.0 Å². The van der Waals surface area contributed by atoms with Gasteiger partial charge in [0.15, 0.2) is 17.3 Å². The summed E-state index contributed by atoms with van der Waals surface area (Å²) in [7, 11) is 0. The van der Waals surface area contributed by atoms with Crippen molar-refractivity contribution < 1.29 is 42.6 Å². The Kier molecular flexibility index (Phi) is 6.87. The van der Waals surface area contributed by atoms with E-state index in [0.717, 1.165) is 6.07 Å². The van der Waals surface area contributed by atoms with Gasteiger partial charge >= 0.3 is 12.1 Å². The average Bonchev–Trinajstić information content (AvgIpc) is 3.21. The molecule has 0 amide bonds. The van der Waals surface area contributed by atoms with Gasteiger partial charge in [-0.3, -0.25) is 19.2 Å². The number of ether oxygens (including phenoxy) is 3. The van der Waals surface area contributed by atoms with Crippen LogP contribution >= 0.6 is 0 Å². The largest absolute Gasteiger partial charge is 0.511 e. The zero-order valence-corrected chi connectivity index (χ0v) is 17.8. The van der Waals surface area contributed by atoms with E-state index in [0.29, 0.717) is 12.8 Å². The highest BCUT2D eigenvalue weighted by Gasteiger charge is 2.34. The highest BCUT2D eigenvalue weighted by Crippen LogP contribution is 2.30. The summed E-state index contributed by atoms with van der Waals surface area (Å²) in [5.41, 5.74) is 0.366. The van der Waals surface area contributed by atoms with Gasteiger partial charge in [0.05, 0.1) is 5.56 Å². The molecular weight excluding hydrogens is 420 g/mol. The van der Waals surface area contributed by atoms with Gasteiger partial charge in [-0.1, -0.05) is 38.1 Å². The van der Waals surface area contributed by atoms with E-state index in [4.69, 9.17) is 18.6 Å². The molecule has 1 atom stereocenters. The molecule has 0 saturated heterocycles. The fourth-order valence-electron chi connectivity index (χ4n) is 3.24. The Morgan fingerprint density at radius 1 is 0.906 bits per heavy atom. The molecule has 0 bridgehead atoms. The first-order chi connectivity index (χ1) is 15.2. The quantitative estimate of drug-likeness (QED) is 0.221. The molecule has 3 rings (SSSR count). The maximum absolute atomic E-state index is 12.6. The predicted molar refractivity (Wildman–Crippen MR) is 108 cm³/mol. The monoisotopic (exact) mass is 442 g/mol. The van der Waals surface area contributed by atoms with Crippen LogP contribution in [0.1, 0.15) is 82.6 Å². The fraction of sp³-hybridized carbons (Fsp3) is 0.348. The number of hydrogen-bond acceptors (Lipinski definition) is 9. The number of carbonyl (C=O) groups excluding carboxylic acids is 5. The number of hydrogen-bond donors (Lipinski definition) is 0. The minimum absolute atomic E-state index is 0.0359. The molecule has 1 aliphatic carbocycles. The topological polar surface area (TPSA) is 126 Å². The minimum Gasteiger partial charge on any atom is -0.449 e. The van der Waals surface area contributed by atoms with Gasteiger partial charge in [0.25, 0.3) is 0 Å². The standard InChI is InChI=1S/C23H22O9/c1-4-13(5-2)31-23(28)30-12(3)29-19(25)11-17(24)18-10-16-20(26)14-8-6-7-9-15(14)21(27)22(16)32-18/h6-10,12-13H,4-5,11H2,1-3H3. The average molecular weight is 442 g/mol. The summed E-state index contributed by atoms with van der Waals surface area (Å²) in [6, 6.07) is 7.40. The minimum atomic E-state index is -1.28. The third kappa shape index (κ3) is 4.77. The van der Waals surface area contributed by atoms with E-state index in [1.165, 1.54) is 19.1 Å². The Hall–Kier alpha value is -3.75. The molecular formula is C23H22O9. The van der Waals surface area contributed by atoms with Gasteiger partial charge in [0, 0.05) is 18.1 Å². The number of ketones is 3. The molecule has 1 aromatic heterocycles. The van der Waals surface area contributed by atoms with Crippen LogP contribution in [0.4, 0.5) is 4.79 Å². The number of esters is 1. The lowest BCUT2D eigenvalue weighted by Crippen LogP contribution is -2.26. The highest BCUT2D eigenvalue weighted by molar-refractivity contribution is 6.28. The van der Waals surface area contributed by atoms with Gasteiger partial charge in [-0.05, 0) is 18.9 Å². The van der Waals surface area contributed by atoms with Crippen LogP contribution in [0.5, 0.6) is 0 Å². The zero-order chi connectivity index (χ0) is 23.4.